The van der Waals surface area contributed by atoms with Crippen molar-refractivity contribution in [2.45, 2.75) is 13.8 Å². The molecule has 3 aromatic rings. The monoisotopic (exact) mass is 461 g/mol. The standard InChI is InChI=1S/C25H20ClN3O4/c1-16-4-3-5-23(17(16)2)28-25(30)15-33-24-11-8-21(26)13-19(24)12-20(14-27)18-6-9-22(10-7-18)29(31)32/h3-13H,15H2,1-2H3,(H,28,30)/b20-12+. The number of nitro groups is 1. The van der Waals surface area contributed by atoms with Gasteiger partial charge in [0, 0.05) is 28.4 Å². The molecule has 0 aliphatic heterocycles. The van der Waals surface area contributed by atoms with Gasteiger partial charge in [0.25, 0.3) is 11.6 Å². The van der Waals surface area contributed by atoms with E-state index in [0.717, 1.165) is 11.1 Å². The van der Waals surface area contributed by atoms with Crippen LogP contribution in [0.15, 0.2) is 60.7 Å². The fraction of sp³-hybridized carbons (Fsp3) is 0.120. The van der Waals surface area contributed by atoms with Crippen LogP contribution in [0.3, 0.4) is 0 Å². The van der Waals surface area contributed by atoms with Crippen LogP contribution in [0, 0.1) is 35.3 Å². The minimum Gasteiger partial charge on any atom is -0.483 e. The fourth-order valence-corrected chi connectivity index (χ4v) is 3.26. The summed E-state index contributed by atoms with van der Waals surface area (Å²) in [5.74, 6) is 0.0367. The summed E-state index contributed by atoms with van der Waals surface area (Å²) in [4.78, 5) is 22.8. The second kappa shape index (κ2) is 10.4. The Hall–Kier alpha value is -4.15. The summed E-state index contributed by atoms with van der Waals surface area (Å²) in [7, 11) is 0. The maximum atomic E-state index is 12.4. The third-order valence-electron chi connectivity index (χ3n) is 5.02. The number of nitriles is 1. The van der Waals surface area contributed by atoms with Crippen LogP contribution in [0.5, 0.6) is 5.75 Å². The van der Waals surface area contributed by atoms with Crippen LogP contribution >= 0.6 is 11.6 Å². The first-order valence-corrected chi connectivity index (χ1v) is 10.3. The third-order valence-corrected chi connectivity index (χ3v) is 5.25. The second-order valence-corrected chi connectivity index (χ2v) is 7.68. The van der Waals surface area contributed by atoms with Gasteiger partial charge in [0.05, 0.1) is 16.6 Å². The van der Waals surface area contributed by atoms with Crippen LogP contribution in [0.4, 0.5) is 11.4 Å². The highest BCUT2D eigenvalue weighted by Crippen LogP contribution is 2.28. The second-order valence-electron chi connectivity index (χ2n) is 7.24. The van der Waals surface area contributed by atoms with Crippen LogP contribution in [0.25, 0.3) is 11.6 Å². The molecule has 0 saturated heterocycles. The number of nitrogens with zero attached hydrogens (tertiary/aromatic N) is 2. The smallest absolute Gasteiger partial charge is 0.269 e. The number of halogens is 1. The number of ether oxygens (including phenoxy) is 1. The van der Waals surface area contributed by atoms with E-state index in [4.69, 9.17) is 16.3 Å². The molecule has 0 unspecified atom stereocenters. The summed E-state index contributed by atoms with van der Waals surface area (Å²) >= 11 is 6.13. The normalized spacial score (nSPS) is 10.9. The van der Waals surface area contributed by atoms with E-state index in [1.54, 1.807) is 24.3 Å². The number of aryl methyl sites for hydroxylation is 1. The predicted molar refractivity (Wildman–Crippen MR) is 128 cm³/mol. The van der Waals surface area contributed by atoms with E-state index in [1.165, 1.54) is 24.3 Å². The van der Waals surface area contributed by atoms with Crippen molar-refractivity contribution < 1.29 is 14.5 Å². The van der Waals surface area contributed by atoms with Crippen LogP contribution in [-0.2, 0) is 4.79 Å². The molecule has 0 aliphatic rings. The van der Waals surface area contributed by atoms with Gasteiger partial charge in [0.15, 0.2) is 6.61 Å². The Morgan fingerprint density at radius 2 is 1.91 bits per heavy atom. The predicted octanol–water partition coefficient (Wildman–Crippen LogP) is 5.95. The minimum absolute atomic E-state index is 0.0716. The third kappa shape index (κ3) is 5.97. The number of benzene rings is 3. The van der Waals surface area contributed by atoms with Gasteiger partial charge in [0.2, 0.25) is 0 Å². The Labute approximate surface area is 196 Å². The molecule has 8 heteroatoms. The highest BCUT2D eigenvalue weighted by Gasteiger charge is 2.12. The van der Waals surface area contributed by atoms with Crippen molar-refractivity contribution in [3.8, 4) is 11.8 Å². The number of carbonyl (C=O) groups is 1. The quantitative estimate of drug-likeness (QED) is 0.202. The van der Waals surface area contributed by atoms with Crippen LogP contribution in [0.1, 0.15) is 22.3 Å². The maximum Gasteiger partial charge on any atom is 0.269 e. The van der Waals surface area contributed by atoms with Crippen molar-refractivity contribution in [2.75, 3.05) is 11.9 Å². The van der Waals surface area contributed by atoms with E-state index in [-0.39, 0.29) is 23.8 Å². The number of amides is 1. The summed E-state index contributed by atoms with van der Waals surface area (Å²) in [5.41, 5.74) is 3.94. The Bertz CT molecular complexity index is 1280. The lowest BCUT2D eigenvalue weighted by atomic mass is 10.0. The van der Waals surface area contributed by atoms with Crippen molar-refractivity contribution in [2.24, 2.45) is 0 Å². The zero-order valence-electron chi connectivity index (χ0n) is 18.0. The molecule has 1 N–H and O–H groups in total. The van der Waals surface area contributed by atoms with E-state index in [0.29, 0.717) is 27.6 Å². The minimum atomic E-state index is -0.508. The van der Waals surface area contributed by atoms with Crippen LogP contribution < -0.4 is 10.1 Å². The molecule has 0 bridgehead atoms. The molecule has 0 spiro atoms. The summed E-state index contributed by atoms with van der Waals surface area (Å²) in [6.07, 6.45) is 1.56. The summed E-state index contributed by atoms with van der Waals surface area (Å²) in [5, 5.41) is 23.7. The molecule has 1 amide bonds. The summed E-state index contributed by atoms with van der Waals surface area (Å²) < 4.78 is 5.71. The Morgan fingerprint density at radius 1 is 1.18 bits per heavy atom. The van der Waals surface area contributed by atoms with E-state index >= 15 is 0 Å². The summed E-state index contributed by atoms with van der Waals surface area (Å²) in [6, 6.07) is 18.2. The SMILES string of the molecule is Cc1cccc(NC(=O)COc2ccc(Cl)cc2/C=C(\C#N)c2ccc([N+](=O)[O-])cc2)c1C. The van der Waals surface area contributed by atoms with Gasteiger partial charge in [0.1, 0.15) is 5.75 Å². The lowest BCUT2D eigenvalue weighted by molar-refractivity contribution is -0.384. The van der Waals surface area contributed by atoms with Crippen molar-refractivity contribution >= 4 is 40.5 Å². The number of nitro benzene ring substituents is 1. The topological polar surface area (TPSA) is 105 Å². The first-order valence-electron chi connectivity index (χ1n) is 9.93. The zero-order chi connectivity index (χ0) is 24.0. The Kier molecular flexibility index (Phi) is 7.44. The van der Waals surface area contributed by atoms with Crippen LogP contribution in [-0.4, -0.2) is 17.4 Å². The number of nitrogens with one attached hydrogen (secondary N) is 1. The van der Waals surface area contributed by atoms with Crippen molar-refractivity contribution in [1.29, 1.82) is 5.26 Å². The first kappa shape index (κ1) is 23.5. The molecule has 0 radical (unpaired) electrons. The highest BCUT2D eigenvalue weighted by molar-refractivity contribution is 6.30. The number of anilines is 1. The van der Waals surface area contributed by atoms with Crippen molar-refractivity contribution in [1.82, 2.24) is 0 Å². The number of non-ortho nitro benzene ring substituents is 1. The van der Waals surface area contributed by atoms with E-state index in [2.05, 4.69) is 11.4 Å². The molecule has 0 atom stereocenters. The molecule has 166 valence electrons. The van der Waals surface area contributed by atoms with E-state index in [1.807, 2.05) is 32.0 Å². The highest BCUT2D eigenvalue weighted by atomic mass is 35.5. The molecule has 0 fully saturated rings. The zero-order valence-corrected chi connectivity index (χ0v) is 18.7. The van der Waals surface area contributed by atoms with Gasteiger partial charge >= 0.3 is 0 Å². The number of rotatable bonds is 7. The van der Waals surface area contributed by atoms with Gasteiger partial charge in [-0.1, -0.05) is 23.7 Å². The van der Waals surface area contributed by atoms with Gasteiger partial charge in [-0.3, -0.25) is 14.9 Å². The molecule has 3 rings (SSSR count). The molecule has 7 nitrogen and oxygen atoms in total. The fourth-order valence-electron chi connectivity index (χ4n) is 3.08. The first-order chi connectivity index (χ1) is 15.8. The lowest BCUT2D eigenvalue weighted by Crippen LogP contribution is -2.21. The van der Waals surface area contributed by atoms with E-state index < -0.39 is 4.92 Å². The lowest BCUT2D eigenvalue weighted by Gasteiger charge is -2.13. The Balaban J connectivity index is 1.80. The number of allylic oxidation sites excluding steroid dienone is 1. The molecule has 0 heterocycles. The van der Waals surface area contributed by atoms with Gasteiger partial charge in [-0.15, -0.1) is 0 Å². The molecule has 33 heavy (non-hydrogen) atoms. The maximum absolute atomic E-state index is 12.4. The molecule has 0 aliphatic carbocycles. The average molecular weight is 462 g/mol. The van der Waals surface area contributed by atoms with Crippen molar-refractivity contribution in [3.63, 3.8) is 0 Å². The van der Waals surface area contributed by atoms with Gasteiger partial charge in [-0.2, -0.15) is 5.26 Å². The number of carbonyl (C=O) groups excluding carboxylic acids is 1. The molecular weight excluding hydrogens is 442 g/mol. The molecule has 0 aromatic heterocycles. The average Bonchev–Trinajstić information content (AvgIpc) is 2.80. The van der Waals surface area contributed by atoms with Crippen LogP contribution in [0.2, 0.25) is 5.02 Å². The number of hydrogen-bond acceptors (Lipinski definition) is 5. The summed E-state index contributed by atoms with van der Waals surface area (Å²) in [6.45, 7) is 3.65. The largest absolute Gasteiger partial charge is 0.483 e. The van der Waals surface area contributed by atoms with Crippen molar-refractivity contribution in [3.05, 3.63) is 98.1 Å². The molecular formula is C25H20ClN3O4. The number of hydrogen-bond donors (Lipinski definition) is 1. The Morgan fingerprint density at radius 3 is 2.58 bits per heavy atom. The molecule has 0 saturated carbocycles. The molecule has 3 aromatic carbocycles. The van der Waals surface area contributed by atoms with Gasteiger partial charge < -0.3 is 10.1 Å². The van der Waals surface area contributed by atoms with E-state index in [9.17, 15) is 20.2 Å². The van der Waals surface area contributed by atoms with Gasteiger partial charge in [-0.25, -0.2) is 0 Å². The van der Waals surface area contributed by atoms with Gasteiger partial charge in [-0.05, 0) is 73.0 Å².